The van der Waals surface area contributed by atoms with Crippen molar-refractivity contribution in [2.24, 2.45) is 0 Å². The molecule has 3 aliphatic rings. The predicted molar refractivity (Wildman–Crippen MR) is 123 cm³/mol. The third-order valence-electron chi connectivity index (χ3n) is 6.46. The molecule has 0 aromatic heterocycles. The molecule has 0 radical (unpaired) electrons. The number of rotatable bonds is 4. The topological polar surface area (TPSA) is 99.3 Å². The van der Waals surface area contributed by atoms with E-state index in [1.807, 2.05) is 4.90 Å². The summed E-state index contributed by atoms with van der Waals surface area (Å²) in [6.45, 7) is 1.84. The molecule has 1 atom stereocenters. The van der Waals surface area contributed by atoms with Gasteiger partial charge in [0.2, 0.25) is 15.9 Å². The highest BCUT2D eigenvalue weighted by Gasteiger charge is 2.42. The second-order valence-corrected chi connectivity index (χ2v) is 10.4. The highest BCUT2D eigenvalue weighted by Crippen LogP contribution is 2.34. The lowest BCUT2D eigenvalue weighted by Gasteiger charge is -2.38. The van der Waals surface area contributed by atoms with Gasteiger partial charge in [0.05, 0.1) is 16.3 Å². The van der Waals surface area contributed by atoms with E-state index in [-0.39, 0.29) is 35.7 Å². The number of carbonyl (C=O) groups is 2. The van der Waals surface area contributed by atoms with Crippen LogP contribution in [-0.2, 0) is 19.6 Å². The summed E-state index contributed by atoms with van der Waals surface area (Å²) in [6.07, 6.45) is 1.02. The van der Waals surface area contributed by atoms with Gasteiger partial charge in [-0.3, -0.25) is 9.59 Å². The molecule has 0 aliphatic carbocycles. The Kier molecular flexibility index (Phi) is 5.90. The Morgan fingerprint density at radius 2 is 1.82 bits per heavy atom. The van der Waals surface area contributed by atoms with E-state index < -0.39 is 16.1 Å². The fourth-order valence-electron chi connectivity index (χ4n) is 4.72. The van der Waals surface area contributed by atoms with Crippen LogP contribution in [-0.4, -0.2) is 74.8 Å². The molecule has 180 valence electrons. The summed E-state index contributed by atoms with van der Waals surface area (Å²) in [5.74, 6) is -0.489. The first-order valence-corrected chi connectivity index (χ1v) is 12.7. The van der Waals surface area contributed by atoms with E-state index in [4.69, 9.17) is 4.74 Å². The Balaban J connectivity index is 1.30. The van der Waals surface area contributed by atoms with Crippen molar-refractivity contribution in [3.63, 3.8) is 0 Å². The molecular formula is C23H25FN4O5S. The van der Waals surface area contributed by atoms with Crippen LogP contribution < -0.4 is 15.0 Å². The monoisotopic (exact) mass is 488 g/mol. The van der Waals surface area contributed by atoms with Crippen LogP contribution in [0.3, 0.4) is 0 Å². The van der Waals surface area contributed by atoms with E-state index in [1.54, 1.807) is 23.1 Å². The third kappa shape index (κ3) is 4.09. The lowest BCUT2D eigenvalue weighted by atomic mass is 10.1. The van der Waals surface area contributed by atoms with E-state index >= 15 is 0 Å². The summed E-state index contributed by atoms with van der Waals surface area (Å²) < 4.78 is 47.5. The first kappa shape index (κ1) is 22.6. The fraction of sp³-hybridized carbons (Fsp3) is 0.391. The van der Waals surface area contributed by atoms with Crippen LogP contribution in [0.2, 0.25) is 0 Å². The number of ether oxygens (including phenoxy) is 1. The number of sulfonamides is 1. The largest absolute Gasteiger partial charge is 0.482 e. The maximum atomic E-state index is 14.1. The number of hydrogen-bond donors (Lipinski definition) is 1. The number of benzene rings is 2. The number of hydrogen-bond acceptors (Lipinski definition) is 6. The van der Waals surface area contributed by atoms with Crippen molar-refractivity contribution < 1.29 is 27.1 Å². The highest BCUT2D eigenvalue weighted by atomic mass is 32.2. The van der Waals surface area contributed by atoms with Crippen LogP contribution in [0.25, 0.3) is 0 Å². The Morgan fingerprint density at radius 3 is 2.59 bits per heavy atom. The maximum Gasteiger partial charge on any atom is 0.262 e. The van der Waals surface area contributed by atoms with Gasteiger partial charge >= 0.3 is 0 Å². The Labute approximate surface area is 197 Å². The molecule has 2 saturated heterocycles. The Bertz CT molecular complexity index is 1230. The average Bonchev–Trinajstić information content (AvgIpc) is 3.34. The van der Waals surface area contributed by atoms with Gasteiger partial charge in [-0.05, 0) is 43.2 Å². The zero-order valence-electron chi connectivity index (χ0n) is 18.4. The summed E-state index contributed by atoms with van der Waals surface area (Å²) >= 11 is 0. The molecule has 1 N–H and O–H groups in total. The summed E-state index contributed by atoms with van der Waals surface area (Å²) in [7, 11) is -3.96. The molecule has 3 aliphatic heterocycles. The van der Waals surface area contributed by atoms with Gasteiger partial charge < -0.3 is 19.9 Å². The van der Waals surface area contributed by atoms with Gasteiger partial charge in [0, 0.05) is 32.7 Å². The number of amides is 2. The first-order chi connectivity index (χ1) is 16.3. The smallest absolute Gasteiger partial charge is 0.262 e. The fourth-order valence-corrected chi connectivity index (χ4v) is 6.40. The summed E-state index contributed by atoms with van der Waals surface area (Å²) in [5.41, 5.74) is 0.798. The minimum absolute atomic E-state index is 0.00104. The number of fused-ring (bicyclic) bond motifs is 1. The second kappa shape index (κ2) is 8.88. The minimum atomic E-state index is -3.96. The SMILES string of the molecule is O=C1COc2ccc(S(=O)(=O)N3CCC[C@@H]3C(=O)N3CCN(c4ccccc4F)CC3)cc2N1. The first-order valence-electron chi connectivity index (χ1n) is 11.2. The molecule has 0 unspecified atom stereocenters. The maximum absolute atomic E-state index is 14.1. The number of para-hydroxylation sites is 1. The lowest BCUT2D eigenvalue weighted by Crippen LogP contribution is -2.54. The van der Waals surface area contributed by atoms with Crippen LogP contribution in [0.5, 0.6) is 5.75 Å². The molecule has 2 aromatic rings. The molecule has 3 heterocycles. The van der Waals surface area contributed by atoms with Gasteiger partial charge in [0.15, 0.2) is 6.61 Å². The van der Waals surface area contributed by atoms with Crippen molar-refractivity contribution in [1.82, 2.24) is 9.21 Å². The van der Waals surface area contributed by atoms with E-state index in [0.29, 0.717) is 56.1 Å². The third-order valence-corrected chi connectivity index (χ3v) is 8.37. The molecule has 2 fully saturated rings. The van der Waals surface area contributed by atoms with Gasteiger partial charge in [0.1, 0.15) is 17.6 Å². The van der Waals surface area contributed by atoms with Crippen LogP contribution in [0.15, 0.2) is 47.4 Å². The van der Waals surface area contributed by atoms with Gasteiger partial charge in [-0.2, -0.15) is 4.31 Å². The number of halogens is 1. The molecule has 2 amide bonds. The zero-order chi connectivity index (χ0) is 23.9. The van der Waals surface area contributed by atoms with Crippen LogP contribution in [0, 0.1) is 5.82 Å². The molecule has 0 bridgehead atoms. The lowest BCUT2D eigenvalue weighted by molar-refractivity contribution is -0.134. The molecule has 2 aromatic carbocycles. The van der Waals surface area contributed by atoms with Crippen molar-refractivity contribution in [2.75, 3.05) is 49.5 Å². The Morgan fingerprint density at radius 1 is 1.06 bits per heavy atom. The summed E-state index contributed by atoms with van der Waals surface area (Å²) in [4.78, 5) is 28.5. The van der Waals surface area contributed by atoms with Crippen molar-refractivity contribution in [1.29, 1.82) is 0 Å². The number of nitrogens with one attached hydrogen (secondary N) is 1. The van der Waals surface area contributed by atoms with E-state index in [0.717, 1.165) is 0 Å². The van der Waals surface area contributed by atoms with Crippen LogP contribution >= 0.6 is 0 Å². The second-order valence-electron chi connectivity index (χ2n) is 8.53. The Hall–Kier alpha value is -3.18. The molecule has 9 nitrogen and oxygen atoms in total. The van der Waals surface area contributed by atoms with E-state index in [1.165, 1.54) is 28.6 Å². The van der Waals surface area contributed by atoms with Crippen molar-refractivity contribution in [3.05, 3.63) is 48.3 Å². The zero-order valence-corrected chi connectivity index (χ0v) is 19.3. The van der Waals surface area contributed by atoms with Gasteiger partial charge in [-0.15, -0.1) is 0 Å². The normalized spacial score (nSPS) is 21.1. The average molecular weight is 489 g/mol. The molecule has 0 spiro atoms. The number of nitrogens with zero attached hydrogens (tertiary/aromatic N) is 3. The van der Waals surface area contributed by atoms with Crippen LogP contribution in [0.4, 0.5) is 15.8 Å². The number of anilines is 2. The number of carbonyl (C=O) groups excluding carboxylic acids is 2. The van der Waals surface area contributed by atoms with E-state index in [2.05, 4.69) is 5.32 Å². The van der Waals surface area contributed by atoms with Crippen molar-refractivity contribution >= 4 is 33.2 Å². The summed E-state index contributed by atoms with van der Waals surface area (Å²) in [6, 6.07) is 10.1. The van der Waals surface area contributed by atoms with Gasteiger partial charge in [-0.1, -0.05) is 12.1 Å². The molecule has 11 heteroatoms. The quantitative estimate of drug-likeness (QED) is 0.703. The molecule has 34 heavy (non-hydrogen) atoms. The molecule has 0 saturated carbocycles. The number of piperazine rings is 1. The predicted octanol–water partition coefficient (Wildman–Crippen LogP) is 1.66. The van der Waals surface area contributed by atoms with E-state index in [9.17, 15) is 22.4 Å². The summed E-state index contributed by atoms with van der Waals surface area (Å²) in [5, 5.41) is 2.62. The van der Waals surface area contributed by atoms with Gasteiger partial charge in [0.25, 0.3) is 5.91 Å². The van der Waals surface area contributed by atoms with Crippen LogP contribution in [0.1, 0.15) is 12.8 Å². The molecule has 5 rings (SSSR count). The standard InChI is InChI=1S/C23H25FN4O5S/c24-17-4-1-2-5-19(17)26-10-12-27(13-11-26)23(30)20-6-3-9-28(20)34(31,32)16-7-8-21-18(14-16)25-22(29)15-33-21/h1-2,4-5,7-8,14,20H,3,6,9-13,15H2,(H,25,29)/t20-/m1/s1. The minimum Gasteiger partial charge on any atom is -0.482 e. The molecular weight excluding hydrogens is 463 g/mol. The van der Waals surface area contributed by atoms with Crippen molar-refractivity contribution in [2.45, 2.75) is 23.8 Å². The van der Waals surface area contributed by atoms with Gasteiger partial charge in [-0.25, -0.2) is 12.8 Å². The highest BCUT2D eigenvalue weighted by molar-refractivity contribution is 7.89. The van der Waals surface area contributed by atoms with Crippen molar-refractivity contribution in [3.8, 4) is 5.75 Å².